The highest BCUT2D eigenvalue weighted by Gasteiger charge is 2.12. The van der Waals surface area contributed by atoms with Crippen LogP contribution in [-0.4, -0.2) is 25.6 Å². The molecule has 0 spiro atoms. The van der Waals surface area contributed by atoms with E-state index < -0.39 is 9.84 Å². The number of amides is 1. The number of sulfone groups is 1. The summed E-state index contributed by atoms with van der Waals surface area (Å²) in [5.41, 5.74) is 3.02. The Morgan fingerprint density at radius 1 is 1.07 bits per heavy atom. The summed E-state index contributed by atoms with van der Waals surface area (Å²) in [5, 5.41) is 3.52. The zero-order valence-corrected chi connectivity index (χ0v) is 15.8. The van der Waals surface area contributed by atoms with Crippen molar-refractivity contribution < 1.29 is 17.6 Å². The largest absolute Gasteiger partial charge is 0.348 e. The predicted octanol–water partition coefficient (Wildman–Crippen LogP) is 3.16. The molecule has 0 fully saturated rings. The molecule has 1 amide bonds. The molecular formula is C20H19FN2O3S. The van der Waals surface area contributed by atoms with Gasteiger partial charge in [0.05, 0.1) is 22.5 Å². The van der Waals surface area contributed by atoms with Crippen LogP contribution >= 0.6 is 0 Å². The quantitative estimate of drug-likeness (QED) is 0.731. The zero-order valence-electron chi connectivity index (χ0n) is 15.0. The number of nitrogens with zero attached hydrogens (tertiary/aromatic N) is 1. The van der Waals surface area contributed by atoms with Crippen molar-refractivity contribution in [3.05, 3.63) is 76.7 Å². The lowest BCUT2D eigenvalue weighted by atomic mass is 10.1. The van der Waals surface area contributed by atoms with E-state index in [1.165, 1.54) is 18.4 Å². The standard InChI is InChI=1S/C20H19FN2O3S/c1-13-18(9-16-7-8-17(21)10-19(16)23-13)20(24)22-11-14-3-5-15(6-4-14)12-27(2,25)26/h3-10H,11-12H2,1-2H3,(H,22,24). The van der Waals surface area contributed by atoms with Crippen molar-refractivity contribution in [3.63, 3.8) is 0 Å². The molecule has 0 saturated carbocycles. The van der Waals surface area contributed by atoms with E-state index in [1.807, 2.05) is 0 Å². The Kier molecular flexibility index (Phi) is 5.23. The Hall–Kier alpha value is -2.80. The van der Waals surface area contributed by atoms with Crippen LogP contribution in [0.1, 0.15) is 27.2 Å². The van der Waals surface area contributed by atoms with E-state index in [0.29, 0.717) is 34.3 Å². The SMILES string of the molecule is Cc1nc2cc(F)ccc2cc1C(=O)NCc1ccc(CS(C)(=O)=O)cc1. The first-order chi connectivity index (χ1) is 12.7. The van der Waals surface area contributed by atoms with Crippen molar-refractivity contribution in [1.29, 1.82) is 0 Å². The number of halogens is 1. The van der Waals surface area contributed by atoms with E-state index >= 15 is 0 Å². The summed E-state index contributed by atoms with van der Waals surface area (Å²) in [6, 6.07) is 13.0. The number of benzene rings is 2. The highest BCUT2D eigenvalue weighted by atomic mass is 32.2. The van der Waals surface area contributed by atoms with Gasteiger partial charge in [0.1, 0.15) is 5.82 Å². The van der Waals surface area contributed by atoms with Crippen LogP contribution in [0.3, 0.4) is 0 Å². The minimum atomic E-state index is -3.08. The summed E-state index contributed by atoms with van der Waals surface area (Å²) in [6.45, 7) is 2.01. The smallest absolute Gasteiger partial charge is 0.253 e. The summed E-state index contributed by atoms with van der Waals surface area (Å²) in [6.07, 6.45) is 1.19. The molecule has 1 heterocycles. The lowest BCUT2D eigenvalue weighted by molar-refractivity contribution is 0.0950. The topological polar surface area (TPSA) is 76.1 Å². The molecule has 0 saturated heterocycles. The van der Waals surface area contributed by atoms with Crippen LogP contribution in [0.4, 0.5) is 4.39 Å². The van der Waals surface area contributed by atoms with Crippen LogP contribution in [0.15, 0.2) is 48.5 Å². The van der Waals surface area contributed by atoms with Gasteiger partial charge in [0, 0.05) is 24.3 Å². The number of hydrogen-bond acceptors (Lipinski definition) is 4. The molecule has 140 valence electrons. The lowest BCUT2D eigenvalue weighted by Crippen LogP contribution is -2.24. The van der Waals surface area contributed by atoms with E-state index in [2.05, 4.69) is 10.3 Å². The number of carbonyl (C=O) groups is 1. The number of aromatic nitrogens is 1. The number of pyridine rings is 1. The first-order valence-corrected chi connectivity index (χ1v) is 10.4. The number of aryl methyl sites for hydroxylation is 1. The molecule has 0 aliphatic carbocycles. The van der Waals surface area contributed by atoms with Crippen LogP contribution in [0.5, 0.6) is 0 Å². The molecular weight excluding hydrogens is 367 g/mol. The van der Waals surface area contributed by atoms with Crippen LogP contribution in [-0.2, 0) is 22.1 Å². The van der Waals surface area contributed by atoms with Gasteiger partial charge in [-0.1, -0.05) is 24.3 Å². The highest BCUT2D eigenvalue weighted by Crippen LogP contribution is 2.18. The summed E-state index contributed by atoms with van der Waals surface area (Å²) in [5.74, 6) is -0.653. The van der Waals surface area contributed by atoms with Gasteiger partial charge < -0.3 is 5.32 Å². The Labute approximate surface area is 157 Å². The van der Waals surface area contributed by atoms with Crippen LogP contribution in [0.2, 0.25) is 0 Å². The van der Waals surface area contributed by atoms with Gasteiger partial charge >= 0.3 is 0 Å². The second kappa shape index (κ2) is 7.44. The highest BCUT2D eigenvalue weighted by molar-refractivity contribution is 7.89. The third-order valence-electron chi connectivity index (χ3n) is 4.12. The molecule has 0 atom stereocenters. The van der Waals surface area contributed by atoms with Crippen molar-refractivity contribution in [2.45, 2.75) is 19.2 Å². The summed E-state index contributed by atoms with van der Waals surface area (Å²) >= 11 is 0. The maximum absolute atomic E-state index is 13.3. The molecule has 7 heteroatoms. The van der Waals surface area contributed by atoms with E-state index in [1.54, 1.807) is 43.3 Å². The molecule has 27 heavy (non-hydrogen) atoms. The third kappa shape index (κ3) is 4.89. The zero-order chi connectivity index (χ0) is 19.6. The molecule has 3 aromatic rings. The van der Waals surface area contributed by atoms with E-state index in [0.717, 1.165) is 5.56 Å². The molecule has 1 aromatic heterocycles. The number of rotatable bonds is 5. The molecule has 0 aliphatic heterocycles. The third-order valence-corrected chi connectivity index (χ3v) is 4.98. The van der Waals surface area contributed by atoms with Crippen molar-refractivity contribution >= 4 is 26.6 Å². The normalized spacial score (nSPS) is 11.5. The molecule has 1 N–H and O–H groups in total. The van der Waals surface area contributed by atoms with Gasteiger partial charge in [0.25, 0.3) is 5.91 Å². The number of hydrogen-bond donors (Lipinski definition) is 1. The van der Waals surface area contributed by atoms with Gasteiger partial charge in [-0.3, -0.25) is 9.78 Å². The first-order valence-electron chi connectivity index (χ1n) is 8.32. The molecule has 0 aliphatic rings. The fraction of sp³-hybridized carbons (Fsp3) is 0.200. The van der Waals surface area contributed by atoms with E-state index in [-0.39, 0.29) is 17.5 Å². The van der Waals surface area contributed by atoms with Gasteiger partial charge in [-0.05, 0) is 36.2 Å². The van der Waals surface area contributed by atoms with Gasteiger partial charge in [-0.2, -0.15) is 0 Å². The van der Waals surface area contributed by atoms with E-state index in [9.17, 15) is 17.6 Å². The average Bonchev–Trinajstić information content (AvgIpc) is 2.59. The Morgan fingerprint density at radius 3 is 2.41 bits per heavy atom. The summed E-state index contributed by atoms with van der Waals surface area (Å²) < 4.78 is 35.9. The molecule has 0 radical (unpaired) electrons. The second-order valence-corrected chi connectivity index (χ2v) is 8.67. The van der Waals surface area contributed by atoms with Gasteiger partial charge in [-0.25, -0.2) is 12.8 Å². The van der Waals surface area contributed by atoms with Crippen LogP contribution in [0.25, 0.3) is 10.9 Å². The Balaban J connectivity index is 1.71. The minimum Gasteiger partial charge on any atom is -0.348 e. The fourth-order valence-electron chi connectivity index (χ4n) is 2.80. The van der Waals surface area contributed by atoms with E-state index in [4.69, 9.17) is 0 Å². The molecule has 0 bridgehead atoms. The number of nitrogens with one attached hydrogen (secondary N) is 1. The lowest BCUT2D eigenvalue weighted by Gasteiger charge is -2.09. The Morgan fingerprint density at radius 2 is 1.74 bits per heavy atom. The van der Waals surface area contributed by atoms with Crippen LogP contribution in [0, 0.1) is 12.7 Å². The van der Waals surface area contributed by atoms with Crippen molar-refractivity contribution in [1.82, 2.24) is 10.3 Å². The maximum atomic E-state index is 13.3. The molecule has 2 aromatic carbocycles. The summed E-state index contributed by atoms with van der Waals surface area (Å²) in [4.78, 5) is 16.8. The Bertz CT molecular complexity index is 1110. The monoisotopic (exact) mass is 386 g/mol. The predicted molar refractivity (Wildman–Crippen MR) is 103 cm³/mol. The van der Waals surface area contributed by atoms with Crippen molar-refractivity contribution in [2.75, 3.05) is 6.26 Å². The molecule has 5 nitrogen and oxygen atoms in total. The molecule has 3 rings (SSSR count). The number of fused-ring (bicyclic) bond motifs is 1. The van der Waals surface area contributed by atoms with Gasteiger partial charge in [0.15, 0.2) is 9.84 Å². The van der Waals surface area contributed by atoms with Crippen molar-refractivity contribution in [3.8, 4) is 0 Å². The molecule has 0 unspecified atom stereocenters. The number of carbonyl (C=O) groups excluding carboxylic acids is 1. The second-order valence-electron chi connectivity index (χ2n) is 6.53. The fourth-order valence-corrected chi connectivity index (χ4v) is 3.60. The maximum Gasteiger partial charge on any atom is 0.253 e. The van der Waals surface area contributed by atoms with Gasteiger partial charge in [0.2, 0.25) is 0 Å². The van der Waals surface area contributed by atoms with Crippen molar-refractivity contribution in [2.24, 2.45) is 0 Å². The summed E-state index contributed by atoms with van der Waals surface area (Å²) in [7, 11) is -3.08. The first kappa shape index (κ1) is 19.0. The average molecular weight is 386 g/mol. The van der Waals surface area contributed by atoms with Gasteiger partial charge in [-0.15, -0.1) is 0 Å². The minimum absolute atomic E-state index is 0.0117. The van der Waals surface area contributed by atoms with Crippen LogP contribution < -0.4 is 5.32 Å².